The summed E-state index contributed by atoms with van der Waals surface area (Å²) in [6.07, 6.45) is 3.24. The molecule has 2 rings (SSSR count). The van der Waals surface area contributed by atoms with E-state index in [1.54, 1.807) is 13.3 Å². The quantitative estimate of drug-likeness (QED) is 0.713. The fraction of sp³-hybridized carbons (Fsp3) is 0.636. The first kappa shape index (κ1) is 13.6. The van der Waals surface area contributed by atoms with Gasteiger partial charge in [-0.05, 0) is 13.0 Å². The third kappa shape index (κ3) is 3.83. The van der Waals surface area contributed by atoms with Gasteiger partial charge >= 0.3 is 0 Å². The van der Waals surface area contributed by atoms with Crippen LogP contribution in [0.15, 0.2) is 10.7 Å². The number of ether oxygens (including phenoxy) is 1. The van der Waals surface area contributed by atoms with Crippen molar-refractivity contribution in [2.45, 2.75) is 25.8 Å². The maximum absolute atomic E-state index is 5.21. The lowest BCUT2D eigenvalue weighted by molar-refractivity contribution is 0.161. The second kappa shape index (κ2) is 6.95. The summed E-state index contributed by atoms with van der Waals surface area (Å²) in [5.74, 6) is 0.999. The van der Waals surface area contributed by atoms with Crippen LogP contribution in [0.5, 0.6) is 0 Å². The van der Waals surface area contributed by atoms with E-state index >= 15 is 0 Å². The van der Waals surface area contributed by atoms with Crippen LogP contribution >= 0.6 is 0 Å². The molecule has 0 spiro atoms. The van der Waals surface area contributed by atoms with E-state index in [-0.39, 0.29) is 6.04 Å². The molecule has 1 unspecified atom stereocenters. The second-order valence-electron chi connectivity index (χ2n) is 4.18. The topological polar surface area (TPSA) is 102 Å². The number of nitrogens with zero attached hydrogens (tertiary/aromatic N) is 4. The van der Waals surface area contributed by atoms with E-state index in [2.05, 4.69) is 37.8 Å². The highest BCUT2D eigenvalue weighted by Gasteiger charge is 2.15. The summed E-state index contributed by atoms with van der Waals surface area (Å²) in [4.78, 5) is 4.29. The molecule has 2 heterocycles. The first-order valence-electron chi connectivity index (χ1n) is 6.24. The molecule has 0 saturated carbocycles. The Hall–Kier alpha value is -1.80. The number of hydrogen-bond acceptors (Lipinski definition) is 7. The first-order valence-corrected chi connectivity index (χ1v) is 6.24. The number of H-pyrrole nitrogens is 1. The van der Waals surface area contributed by atoms with E-state index in [0.717, 1.165) is 13.0 Å². The molecular weight excluding hydrogens is 248 g/mol. The van der Waals surface area contributed by atoms with Crippen molar-refractivity contribution in [1.82, 2.24) is 30.9 Å². The summed E-state index contributed by atoms with van der Waals surface area (Å²) < 4.78 is 10.4. The third-order valence-electron chi connectivity index (χ3n) is 2.58. The van der Waals surface area contributed by atoms with Gasteiger partial charge in [0.15, 0.2) is 5.69 Å². The van der Waals surface area contributed by atoms with Gasteiger partial charge in [0.25, 0.3) is 0 Å². The molecule has 1 atom stereocenters. The van der Waals surface area contributed by atoms with Crippen molar-refractivity contribution in [3.8, 4) is 11.5 Å². The predicted molar refractivity (Wildman–Crippen MR) is 67.3 cm³/mol. The molecule has 0 fully saturated rings. The molecule has 0 radical (unpaired) electrons. The Labute approximate surface area is 110 Å². The van der Waals surface area contributed by atoms with E-state index in [1.165, 1.54) is 0 Å². The van der Waals surface area contributed by atoms with E-state index in [0.29, 0.717) is 30.4 Å². The summed E-state index contributed by atoms with van der Waals surface area (Å²) in [5, 5.41) is 17.4. The van der Waals surface area contributed by atoms with E-state index < -0.39 is 0 Å². The maximum atomic E-state index is 5.21. The zero-order chi connectivity index (χ0) is 13.5. The average Bonchev–Trinajstić information content (AvgIpc) is 3.06. The molecule has 0 aliphatic rings. The van der Waals surface area contributed by atoms with Crippen LogP contribution < -0.4 is 5.32 Å². The molecule has 8 heteroatoms. The SMILES string of the molecule is CCCNC(COC)Cc1nc(-c2cn[nH]n2)no1. The number of aromatic nitrogens is 5. The van der Waals surface area contributed by atoms with Crippen LogP contribution in [0.4, 0.5) is 0 Å². The fourth-order valence-electron chi connectivity index (χ4n) is 1.70. The minimum Gasteiger partial charge on any atom is -0.383 e. The second-order valence-corrected chi connectivity index (χ2v) is 4.18. The molecule has 2 aromatic heterocycles. The summed E-state index contributed by atoms with van der Waals surface area (Å²) >= 11 is 0. The zero-order valence-corrected chi connectivity index (χ0v) is 11.1. The summed E-state index contributed by atoms with van der Waals surface area (Å²) in [7, 11) is 1.68. The van der Waals surface area contributed by atoms with Crippen molar-refractivity contribution in [3.05, 3.63) is 12.1 Å². The number of rotatable bonds is 8. The lowest BCUT2D eigenvalue weighted by Crippen LogP contribution is -2.35. The average molecular weight is 266 g/mol. The van der Waals surface area contributed by atoms with Crippen molar-refractivity contribution < 1.29 is 9.26 Å². The standard InChI is InChI=1S/C11H18N6O2/c1-3-4-12-8(7-18-2)5-10-14-11(16-19-10)9-6-13-17-15-9/h6,8,12H,3-5,7H2,1-2H3,(H,13,15,17). The van der Waals surface area contributed by atoms with Gasteiger partial charge in [0.1, 0.15) is 0 Å². The van der Waals surface area contributed by atoms with Gasteiger partial charge in [0.2, 0.25) is 11.7 Å². The van der Waals surface area contributed by atoms with E-state index in [9.17, 15) is 0 Å². The Morgan fingerprint density at radius 3 is 3.11 bits per heavy atom. The van der Waals surface area contributed by atoms with Gasteiger partial charge < -0.3 is 14.6 Å². The molecule has 0 saturated heterocycles. The van der Waals surface area contributed by atoms with Gasteiger partial charge in [0, 0.05) is 19.6 Å². The van der Waals surface area contributed by atoms with Crippen molar-refractivity contribution in [2.24, 2.45) is 0 Å². The van der Waals surface area contributed by atoms with Crippen molar-refractivity contribution >= 4 is 0 Å². The van der Waals surface area contributed by atoms with Crippen LogP contribution in [0, 0.1) is 0 Å². The molecule has 2 N–H and O–H groups in total. The molecule has 0 aromatic carbocycles. The normalized spacial score (nSPS) is 12.7. The molecule has 104 valence electrons. The van der Waals surface area contributed by atoms with Gasteiger partial charge in [-0.3, -0.25) is 0 Å². The largest absolute Gasteiger partial charge is 0.383 e. The van der Waals surface area contributed by atoms with E-state index in [4.69, 9.17) is 9.26 Å². The Morgan fingerprint density at radius 2 is 2.42 bits per heavy atom. The van der Waals surface area contributed by atoms with Crippen LogP contribution in [0.1, 0.15) is 19.2 Å². The summed E-state index contributed by atoms with van der Waals surface area (Å²) in [5.41, 5.74) is 0.569. The predicted octanol–water partition coefficient (Wildman–Crippen LogP) is 0.412. The van der Waals surface area contributed by atoms with Crippen LogP contribution in [-0.2, 0) is 11.2 Å². The first-order chi connectivity index (χ1) is 9.33. The highest BCUT2D eigenvalue weighted by atomic mass is 16.5. The lowest BCUT2D eigenvalue weighted by Gasteiger charge is -2.15. The van der Waals surface area contributed by atoms with Crippen LogP contribution in [-0.4, -0.2) is 51.9 Å². The van der Waals surface area contributed by atoms with Crippen LogP contribution in [0.3, 0.4) is 0 Å². The molecule has 8 nitrogen and oxygen atoms in total. The minimum atomic E-state index is 0.163. The van der Waals surface area contributed by atoms with Crippen molar-refractivity contribution in [3.63, 3.8) is 0 Å². The highest BCUT2D eigenvalue weighted by Crippen LogP contribution is 2.11. The summed E-state index contributed by atoms with van der Waals surface area (Å²) in [6.45, 7) is 3.65. The third-order valence-corrected chi connectivity index (χ3v) is 2.58. The number of hydrogen-bond donors (Lipinski definition) is 2. The van der Waals surface area contributed by atoms with Crippen LogP contribution in [0.2, 0.25) is 0 Å². The monoisotopic (exact) mass is 266 g/mol. The molecule has 0 bridgehead atoms. The number of nitrogens with one attached hydrogen (secondary N) is 2. The molecule has 0 aliphatic heterocycles. The summed E-state index contributed by atoms with van der Waals surface area (Å²) in [6, 6.07) is 0.163. The Morgan fingerprint density at radius 1 is 1.53 bits per heavy atom. The van der Waals surface area contributed by atoms with Gasteiger partial charge in [-0.25, -0.2) is 0 Å². The number of aromatic amines is 1. The van der Waals surface area contributed by atoms with E-state index in [1.807, 2.05) is 0 Å². The molecular formula is C11H18N6O2. The highest BCUT2D eigenvalue weighted by molar-refractivity contribution is 5.44. The van der Waals surface area contributed by atoms with Gasteiger partial charge in [-0.1, -0.05) is 12.1 Å². The smallest absolute Gasteiger partial charge is 0.228 e. The number of methoxy groups -OCH3 is 1. The maximum Gasteiger partial charge on any atom is 0.228 e. The van der Waals surface area contributed by atoms with Gasteiger partial charge in [-0.2, -0.15) is 20.4 Å². The fourth-order valence-corrected chi connectivity index (χ4v) is 1.70. The molecule has 0 amide bonds. The zero-order valence-electron chi connectivity index (χ0n) is 11.1. The lowest BCUT2D eigenvalue weighted by atomic mass is 10.2. The minimum absolute atomic E-state index is 0.163. The van der Waals surface area contributed by atoms with Gasteiger partial charge in [-0.15, -0.1) is 0 Å². The van der Waals surface area contributed by atoms with Crippen LogP contribution in [0.25, 0.3) is 11.5 Å². The molecule has 0 aliphatic carbocycles. The molecule has 19 heavy (non-hydrogen) atoms. The Bertz CT molecular complexity index is 469. The van der Waals surface area contributed by atoms with Gasteiger partial charge in [0.05, 0.1) is 12.8 Å². The molecule has 2 aromatic rings. The van der Waals surface area contributed by atoms with Crippen molar-refractivity contribution in [1.29, 1.82) is 0 Å². The Balaban J connectivity index is 1.97. The Kier molecular flexibility index (Phi) is 4.99. The van der Waals surface area contributed by atoms with Crippen molar-refractivity contribution in [2.75, 3.05) is 20.3 Å².